The van der Waals surface area contributed by atoms with Crippen LogP contribution in [0.15, 0.2) is 35.2 Å². The van der Waals surface area contributed by atoms with Crippen molar-refractivity contribution in [1.29, 1.82) is 0 Å². The van der Waals surface area contributed by atoms with Crippen molar-refractivity contribution in [3.8, 4) is 0 Å². The van der Waals surface area contributed by atoms with Gasteiger partial charge in [0.05, 0.1) is 18.8 Å². The van der Waals surface area contributed by atoms with Crippen molar-refractivity contribution in [2.24, 2.45) is 7.05 Å². The van der Waals surface area contributed by atoms with E-state index >= 15 is 0 Å². The minimum absolute atomic E-state index is 0.327. The molecule has 1 saturated heterocycles. The summed E-state index contributed by atoms with van der Waals surface area (Å²) in [7, 11) is 2.02. The van der Waals surface area contributed by atoms with Crippen LogP contribution in [0.2, 0.25) is 0 Å². The molecule has 1 aliphatic heterocycles. The second-order valence-electron chi connectivity index (χ2n) is 5.36. The molecule has 1 aliphatic rings. The van der Waals surface area contributed by atoms with Gasteiger partial charge < -0.3 is 14.3 Å². The summed E-state index contributed by atoms with van der Waals surface area (Å²) in [6.07, 6.45) is 8.15. The predicted molar refractivity (Wildman–Crippen MR) is 77.2 cm³/mol. The molecule has 5 heteroatoms. The van der Waals surface area contributed by atoms with E-state index in [9.17, 15) is 0 Å². The molecule has 1 fully saturated rings. The number of aryl methyl sites for hydroxylation is 1. The summed E-state index contributed by atoms with van der Waals surface area (Å²) in [4.78, 5) is 6.84. The van der Waals surface area contributed by atoms with Crippen molar-refractivity contribution in [2.45, 2.75) is 25.4 Å². The number of hydrogen-bond donors (Lipinski definition) is 1. The van der Waals surface area contributed by atoms with Crippen molar-refractivity contribution in [1.82, 2.24) is 19.8 Å². The molecule has 1 unspecified atom stereocenters. The van der Waals surface area contributed by atoms with Crippen LogP contribution in [0.1, 0.15) is 30.5 Å². The highest BCUT2D eigenvalue weighted by Gasteiger charge is 2.25. The summed E-state index contributed by atoms with van der Waals surface area (Å²) in [6.45, 7) is 4.00. The minimum Gasteiger partial charge on any atom is -0.468 e. The van der Waals surface area contributed by atoms with Gasteiger partial charge in [-0.2, -0.15) is 0 Å². The standard InChI is InChI=1S/C15H22N4O/c1-18-9-6-17-15(18)12-16-11-13(14-5-4-10-20-14)19-7-2-3-8-19/h4-6,9-10,13,16H,2-3,7-8,11-12H2,1H3. The van der Waals surface area contributed by atoms with E-state index in [2.05, 4.69) is 21.3 Å². The lowest BCUT2D eigenvalue weighted by molar-refractivity contribution is 0.209. The van der Waals surface area contributed by atoms with E-state index in [4.69, 9.17) is 4.42 Å². The van der Waals surface area contributed by atoms with Gasteiger partial charge in [-0.15, -0.1) is 0 Å². The van der Waals surface area contributed by atoms with E-state index in [1.807, 2.05) is 30.1 Å². The molecule has 2 aromatic heterocycles. The summed E-state index contributed by atoms with van der Waals surface area (Å²) >= 11 is 0. The van der Waals surface area contributed by atoms with E-state index < -0.39 is 0 Å². The number of nitrogens with zero attached hydrogens (tertiary/aromatic N) is 3. The van der Waals surface area contributed by atoms with Crippen LogP contribution in [-0.4, -0.2) is 34.1 Å². The highest BCUT2D eigenvalue weighted by atomic mass is 16.3. The molecular formula is C15H22N4O. The Hall–Kier alpha value is -1.59. The van der Waals surface area contributed by atoms with Gasteiger partial charge in [-0.25, -0.2) is 4.98 Å². The molecule has 2 aromatic rings. The van der Waals surface area contributed by atoms with Gasteiger partial charge in [-0.3, -0.25) is 4.90 Å². The van der Waals surface area contributed by atoms with Crippen LogP contribution in [0.5, 0.6) is 0 Å². The van der Waals surface area contributed by atoms with Gasteiger partial charge >= 0.3 is 0 Å². The first-order valence-electron chi connectivity index (χ1n) is 7.29. The maximum absolute atomic E-state index is 5.62. The molecule has 3 heterocycles. The van der Waals surface area contributed by atoms with E-state index in [1.54, 1.807) is 6.26 Å². The fraction of sp³-hybridized carbons (Fsp3) is 0.533. The van der Waals surface area contributed by atoms with Gasteiger partial charge in [-0.1, -0.05) is 0 Å². The first kappa shape index (κ1) is 13.4. The van der Waals surface area contributed by atoms with E-state index in [0.29, 0.717) is 6.04 Å². The Morgan fingerprint density at radius 1 is 1.40 bits per heavy atom. The number of furan rings is 1. The lowest BCUT2D eigenvalue weighted by atomic mass is 10.2. The zero-order valence-electron chi connectivity index (χ0n) is 12.0. The average molecular weight is 274 g/mol. The van der Waals surface area contributed by atoms with Gasteiger partial charge in [0.2, 0.25) is 0 Å². The Kier molecular flexibility index (Phi) is 4.18. The van der Waals surface area contributed by atoms with Crippen molar-refractivity contribution < 1.29 is 4.42 Å². The largest absolute Gasteiger partial charge is 0.468 e. The van der Waals surface area contributed by atoms with Crippen molar-refractivity contribution in [3.05, 3.63) is 42.4 Å². The monoisotopic (exact) mass is 274 g/mol. The van der Waals surface area contributed by atoms with Crippen molar-refractivity contribution >= 4 is 0 Å². The molecule has 0 aliphatic carbocycles. The maximum Gasteiger partial charge on any atom is 0.122 e. The smallest absolute Gasteiger partial charge is 0.122 e. The molecule has 3 rings (SSSR count). The van der Waals surface area contributed by atoms with Crippen LogP contribution in [0.4, 0.5) is 0 Å². The molecule has 0 amide bonds. The molecule has 0 bridgehead atoms. The zero-order chi connectivity index (χ0) is 13.8. The van der Waals surface area contributed by atoms with Gasteiger partial charge in [-0.05, 0) is 38.1 Å². The molecule has 0 spiro atoms. The molecule has 0 radical (unpaired) electrons. The summed E-state index contributed by atoms with van der Waals surface area (Å²) in [5.41, 5.74) is 0. The predicted octanol–water partition coefficient (Wildman–Crippen LogP) is 1.94. The Balaban J connectivity index is 1.60. The Labute approximate surface area is 119 Å². The Morgan fingerprint density at radius 3 is 2.90 bits per heavy atom. The van der Waals surface area contributed by atoms with Crippen LogP contribution >= 0.6 is 0 Å². The molecule has 0 aromatic carbocycles. The number of aromatic nitrogens is 2. The SMILES string of the molecule is Cn1ccnc1CNCC(c1ccco1)N1CCCC1. The number of hydrogen-bond acceptors (Lipinski definition) is 4. The third-order valence-corrected chi connectivity index (χ3v) is 3.99. The van der Waals surface area contributed by atoms with Gasteiger partial charge in [0.1, 0.15) is 11.6 Å². The van der Waals surface area contributed by atoms with Crippen LogP contribution in [0.3, 0.4) is 0 Å². The highest BCUT2D eigenvalue weighted by Crippen LogP contribution is 2.24. The summed E-state index contributed by atoms with van der Waals surface area (Å²) in [6, 6.07) is 4.37. The van der Waals surface area contributed by atoms with E-state index in [-0.39, 0.29) is 0 Å². The minimum atomic E-state index is 0.327. The van der Waals surface area contributed by atoms with E-state index in [0.717, 1.165) is 37.8 Å². The third-order valence-electron chi connectivity index (χ3n) is 3.99. The average Bonchev–Trinajstić information content (AvgIpc) is 3.18. The molecule has 108 valence electrons. The topological polar surface area (TPSA) is 46.2 Å². The summed E-state index contributed by atoms with van der Waals surface area (Å²) in [5, 5.41) is 3.51. The molecule has 1 atom stereocenters. The van der Waals surface area contributed by atoms with Crippen LogP contribution < -0.4 is 5.32 Å². The fourth-order valence-corrected chi connectivity index (χ4v) is 2.83. The number of nitrogens with one attached hydrogen (secondary N) is 1. The van der Waals surface area contributed by atoms with Crippen molar-refractivity contribution in [2.75, 3.05) is 19.6 Å². The summed E-state index contributed by atoms with van der Waals surface area (Å²) in [5.74, 6) is 2.11. The number of imidazole rings is 1. The molecule has 5 nitrogen and oxygen atoms in total. The van der Waals surface area contributed by atoms with Crippen LogP contribution in [-0.2, 0) is 13.6 Å². The number of rotatable bonds is 6. The second kappa shape index (κ2) is 6.24. The quantitative estimate of drug-likeness (QED) is 0.874. The van der Waals surface area contributed by atoms with Crippen LogP contribution in [0.25, 0.3) is 0 Å². The fourth-order valence-electron chi connectivity index (χ4n) is 2.83. The zero-order valence-corrected chi connectivity index (χ0v) is 12.0. The molecular weight excluding hydrogens is 252 g/mol. The normalized spacial score (nSPS) is 17.6. The lowest BCUT2D eigenvalue weighted by Crippen LogP contribution is -2.34. The molecule has 1 N–H and O–H groups in total. The second-order valence-corrected chi connectivity index (χ2v) is 5.36. The summed E-state index contributed by atoms with van der Waals surface area (Å²) < 4.78 is 7.66. The molecule has 0 saturated carbocycles. The first-order valence-corrected chi connectivity index (χ1v) is 7.29. The Morgan fingerprint density at radius 2 is 2.25 bits per heavy atom. The van der Waals surface area contributed by atoms with Gasteiger partial charge in [0, 0.05) is 26.0 Å². The first-order chi connectivity index (χ1) is 9.84. The lowest BCUT2D eigenvalue weighted by Gasteiger charge is -2.26. The molecule has 20 heavy (non-hydrogen) atoms. The van der Waals surface area contributed by atoms with E-state index in [1.165, 1.54) is 12.8 Å². The van der Waals surface area contributed by atoms with Gasteiger partial charge in [0.25, 0.3) is 0 Å². The maximum atomic E-state index is 5.62. The van der Waals surface area contributed by atoms with Crippen LogP contribution in [0, 0.1) is 0 Å². The van der Waals surface area contributed by atoms with Crippen molar-refractivity contribution in [3.63, 3.8) is 0 Å². The highest BCUT2D eigenvalue weighted by molar-refractivity contribution is 5.06. The number of likely N-dealkylation sites (tertiary alicyclic amines) is 1. The van der Waals surface area contributed by atoms with Gasteiger partial charge in [0.15, 0.2) is 0 Å². The Bertz CT molecular complexity index is 514. The third kappa shape index (κ3) is 2.94.